The van der Waals surface area contributed by atoms with Gasteiger partial charge in [-0.2, -0.15) is 0 Å². The Hall–Kier alpha value is -0.760. The summed E-state index contributed by atoms with van der Waals surface area (Å²) >= 11 is 3.57. The molecule has 0 radical (unpaired) electrons. The molecule has 1 aromatic carbocycles. The van der Waals surface area contributed by atoms with Crippen molar-refractivity contribution in [1.29, 1.82) is 0 Å². The zero-order chi connectivity index (χ0) is 8.72. The van der Waals surface area contributed by atoms with E-state index in [-0.39, 0.29) is 0 Å². The molecular formula is C10H10BrN. The molecule has 0 spiro atoms. The zero-order valence-electron chi connectivity index (χ0n) is 7.11. The maximum absolute atomic E-state index is 3.57. The van der Waals surface area contributed by atoms with Crippen LogP contribution in [-0.4, -0.2) is 4.98 Å². The van der Waals surface area contributed by atoms with Crippen LogP contribution in [0.2, 0.25) is 0 Å². The third kappa shape index (κ3) is 0.985. The second kappa shape index (κ2) is 2.63. The number of aromatic nitrogens is 1. The quantitative estimate of drug-likeness (QED) is 0.704. The van der Waals surface area contributed by atoms with Gasteiger partial charge in [-0.15, -0.1) is 0 Å². The lowest BCUT2D eigenvalue weighted by atomic mass is 10.1. The second-order valence-electron chi connectivity index (χ2n) is 3.09. The van der Waals surface area contributed by atoms with E-state index in [1.807, 2.05) is 6.20 Å². The molecule has 0 aliphatic rings. The van der Waals surface area contributed by atoms with Crippen molar-refractivity contribution in [2.75, 3.05) is 0 Å². The predicted octanol–water partition coefficient (Wildman–Crippen LogP) is 3.55. The molecule has 2 aromatic rings. The van der Waals surface area contributed by atoms with Gasteiger partial charge < -0.3 is 4.98 Å². The van der Waals surface area contributed by atoms with E-state index in [0.717, 1.165) is 0 Å². The summed E-state index contributed by atoms with van der Waals surface area (Å²) in [6, 6.07) is 4.28. The fourth-order valence-electron chi connectivity index (χ4n) is 1.55. The number of H-pyrrole nitrogens is 1. The van der Waals surface area contributed by atoms with Gasteiger partial charge in [0.25, 0.3) is 0 Å². The fourth-order valence-corrected chi connectivity index (χ4v) is 2.00. The molecule has 12 heavy (non-hydrogen) atoms. The summed E-state index contributed by atoms with van der Waals surface area (Å²) in [5, 5.41) is 1.27. The molecule has 1 nitrogen and oxygen atoms in total. The van der Waals surface area contributed by atoms with Crippen LogP contribution in [0.25, 0.3) is 10.9 Å². The van der Waals surface area contributed by atoms with Crippen LogP contribution in [0.1, 0.15) is 11.1 Å². The average Bonchev–Trinajstić information content (AvgIpc) is 2.48. The number of aromatic amines is 1. The highest BCUT2D eigenvalue weighted by Crippen LogP contribution is 2.28. The van der Waals surface area contributed by atoms with Crippen molar-refractivity contribution in [3.8, 4) is 0 Å². The van der Waals surface area contributed by atoms with Crippen molar-refractivity contribution in [1.82, 2.24) is 4.98 Å². The van der Waals surface area contributed by atoms with Crippen molar-refractivity contribution >= 4 is 26.8 Å². The molecule has 0 aliphatic carbocycles. The molecule has 62 valence electrons. The van der Waals surface area contributed by atoms with Gasteiger partial charge in [0.1, 0.15) is 0 Å². The highest BCUT2D eigenvalue weighted by Gasteiger charge is 2.04. The van der Waals surface area contributed by atoms with E-state index in [1.165, 1.54) is 26.5 Å². The average molecular weight is 224 g/mol. The van der Waals surface area contributed by atoms with E-state index < -0.39 is 0 Å². The summed E-state index contributed by atoms with van der Waals surface area (Å²) in [5.41, 5.74) is 3.82. The number of fused-ring (bicyclic) bond motifs is 1. The van der Waals surface area contributed by atoms with Gasteiger partial charge in [0, 0.05) is 21.6 Å². The molecule has 1 aromatic heterocycles. The van der Waals surface area contributed by atoms with Crippen LogP contribution >= 0.6 is 15.9 Å². The maximum Gasteiger partial charge on any atom is 0.0495 e. The predicted molar refractivity (Wildman–Crippen MR) is 55.5 cm³/mol. The van der Waals surface area contributed by atoms with Crippen LogP contribution in [0.5, 0.6) is 0 Å². The fraction of sp³-hybridized carbons (Fsp3) is 0.200. The Morgan fingerprint density at radius 3 is 2.75 bits per heavy atom. The van der Waals surface area contributed by atoms with Crippen LogP contribution in [0.3, 0.4) is 0 Å². The SMILES string of the molecule is Cc1cc(C)c2[nH]ccc2c1Br. The van der Waals surface area contributed by atoms with Gasteiger partial charge in [-0.1, -0.05) is 6.07 Å². The van der Waals surface area contributed by atoms with Gasteiger partial charge >= 0.3 is 0 Å². The Balaban J connectivity index is 2.97. The lowest BCUT2D eigenvalue weighted by Gasteiger charge is -2.02. The Morgan fingerprint density at radius 1 is 1.25 bits per heavy atom. The number of hydrogen-bond acceptors (Lipinski definition) is 0. The summed E-state index contributed by atoms with van der Waals surface area (Å²) in [7, 11) is 0. The number of nitrogens with one attached hydrogen (secondary N) is 1. The minimum absolute atomic E-state index is 1.20. The minimum Gasteiger partial charge on any atom is -0.361 e. The van der Waals surface area contributed by atoms with Crippen molar-refractivity contribution in [2.45, 2.75) is 13.8 Å². The molecule has 0 amide bonds. The normalized spacial score (nSPS) is 10.9. The summed E-state index contributed by atoms with van der Waals surface area (Å²) in [4.78, 5) is 3.23. The van der Waals surface area contributed by atoms with Gasteiger partial charge in [0.2, 0.25) is 0 Å². The second-order valence-corrected chi connectivity index (χ2v) is 3.88. The number of aryl methyl sites for hydroxylation is 2. The van der Waals surface area contributed by atoms with E-state index >= 15 is 0 Å². The van der Waals surface area contributed by atoms with Gasteiger partial charge in [0.15, 0.2) is 0 Å². The molecule has 0 atom stereocenters. The van der Waals surface area contributed by atoms with E-state index in [2.05, 4.69) is 46.9 Å². The van der Waals surface area contributed by atoms with E-state index in [9.17, 15) is 0 Å². The van der Waals surface area contributed by atoms with Crippen LogP contribution in [-0.2, 0) is 0 Å². The Kier molecular flexibility index (Phi) is 1.72. The molecule has 1 heterocycles. The van der Waals surface area contributed by atoms with Crippen molar-refractivity contribution in [2.24, 2.45) is 0 Å². The molecule has 0 saturated heterocycles. The summed E-state index contributed by atoms with van der Waals surface area (Å²) in [5.74, 6) is 0. The van der Waals surface area contributed by atoms with Gasteiger partial charge in [0.05, 0.1) is 0 Å². The van der Waals surface area contributed by atoms with Crippen molar-refractivity contribution in [3.63, 3.8) is 0 Å². The van der Waals surface area contributed by atoms with E-state index in [4.69, 9.17) is 0 Å². The summed E-state index contributed by atoms with van der Waals surface area (Å²) in [6.07, 6.45) is 1.97. The number of rotatable bonds is 0. The topological polar surface area (TPSA) is 15.8 Å². The molecule has 1 N–H and O–H groups in total. The lowest BCUT2D eigenvalue weighted by molar-refractivity contribution is 1.37. The number of halogens is 1. The number of hydrogen-bond donors (Lipinski definition) is 1. The summed E-state index contributed by atoms with van der Waals surface area (Å²) in [6.45, 7) is 4.24. The molecule has 0 fully saturated rings. The Morgan fingerprint density at radius 2 is 2.00 bits per heavy atom. The molecule has 0 unspecified atom stereocenters. The summed E-state index contributed by atoms with van der Waals surface area (Å²) < 4.78 is 1.20. The Labute approximate surface area is 79.9 Å². The molecule has 0 bridgehead atoms. The first-order chi connectivity index (χ1) is 5.70. The van der Waals surface area contributed by atoms with Crippen LogP contribution in [0.4, 0.5) is 0 Å². The molecule has 2 rings (SSSR count). The van der Waals surface area contributed by atoms with E-state index in [0.29, 0.717) is 0 Å². The Bertz CT molecular complexity index is 429. The molecular weight excluding hydrogens is 214 g/mol. The highest BCUT2D eigenvalue weighted by atomic mass is 79.9. The third-order valence-corrected chi connectivity index (χ3v) is 3.21. The highest BCUT2D eigenvalue weighted by molar-refractivity contribution is 9.10. The molecule has 0 aliphatic heterocycles. The van der Waals surface area contributed by atoms with Crippen LogP contribution < -0.4 is 0 Å². The first-order valence-corrected chi connectivity index (χ1v) is 4.72. The van der Waals surface area contributed by atoms with Crippen LogP contribution in [0, 0.1) is 13.8 Å². The first-order valence-electron chi connectivity index (χ1n) is 3.93. The first kappa shape index (κ1) is 7.87. The van der Waals surface area contributed by atoms with Gasteiger partial charge in [-0.3, -0.25) is 0 Å². The van der Waals surface area contributed by atoms with Gasteiger partial charge in [-0.05, 0) is 47.0 Å². The lowest BCUT2D eigenvalue weighted by Crippen LogP contribution is -1.81. The monoisotopic (exact) mass is 223 g/mol. The zero-order valence-corrected chi connectivity index (χ0v) is 8.70. The van der Waals surface area contributed by atoms with Gasteiger partial charge in [-0.25, -0.2) is 0 Å². The standard InChI is InChI=1S/C10H10BrN/c1-6-5-7(2)10-8(9(6)11)3-4-12-10/h3-5,12H,1-2H3. The van der Waals surface area contributed by atoms with Crippen molar-refractivity contribution < 1.29 is 0 Å². The molecule has 2 heteroatoms. The largest absolute Gasteiger partial charge is 0.361 e. The number of benzene rings is 1. The molecule has 0 saturated carbocycles. The minimum atomic E-state index is 1.20. The van der Waals surface area contributed by atoms with Crippen molar-refractivity contribution in [3.05, 3.63) is 33.9 Å². The third-order valence-electron chi connectivity index (χ3n) is 2.16. The van der Waals surface area contributed by atoms with E-state index in [1.54, 1.807) is 0 Å². The van der Waals surface area contributed by atoms with Crippen LogP contribution in [0.15, 0.2) is 22.8 Å². The smallest absolute Gasteiger partial charge is 0.0495 e. The maximum atomic E-state index is 3.57.